The summed E-state index contributed by atoms with van der Waals surface area (Å²) in [5.41, 5.74) is 1.60. The van der Waals surface area contributed by atoms with Gasteiger partial charge < -0.3 is 19.7 Å². The lowest BCUT2D eigenvalue weighted by Gasteiger charge is -2.30. The second-order valence-electron chi connectivity index (χ2n) is 8.00. The molecule has 180 valence electrons. The first-order valence-electron chi connectivity index (χ1n) is 11.3. The van der Waals surface area contributed by atoms with Crippen LogP contribution in [0.3, 0.4) is 0 Å². The summed E-state index contributed by atoms with van der Waals surface area (Å²) in [6.07, 6.45) is 3.22. The molecule has 1 N–H and O–H groups in total. The SMILES string of the molecule is CCOc1ccc(NC(=O)c2cc(S(=O)(=O)N(C)C)ccc2N2CCCCC2)cc1OCC. The third kappa shape index (κ3) is 5.78. The molecule has 0 spiro atoms. The van der Waals surface area contributed by atoms with E-state index < -0.39 is 10.0 Å². The van der Waals surface area contributed by atoms with Crippen molar-refractivity contribution in [2.24, 2.45) is 0 Å². The van der Waals surface area contributed by atoms with Gasteiger partial charge in [0.15, 0.2) is 11.5 Å². The van der Waals surface area contributed by atoms with Gasteiger partial charge in [0.2, 0.25) is 10.0 Å². The molecule has 0 aliphatic carbocycles. The van der Waals surface area contributed by atoms with Crippen molar-refractivity contribution < 1.29 is 22.7 Å². The number of nitrogens with one attached hydrogen (secondary N) is 1. The Morgan fingerprint density at radius 1 is 0.970 bits per heavy atom. The molecule has 3 rings (SSSR count). The van der Waals surface area contributed by atoms with Gasteiger partial charge in [-0.3, -0.25) is 4.79 Å². The lowest BCUT2D eigenvalue weighted by atomic mass is 10.1. The van der Waals surface area contributed by atoms with E-state index in [4.69, 9.17) is 9.47 Å². The van der Waals surface area contributed by atoms with Crippen LogP contribution in [0.25, 0.3) is 0 Å². The van der Waals surface area contributed by atoms with E-state index in [0.29, 0.717) is 36.0 Å². The molecule has 0 aromatic heterocycles. The summed E-state index contributed by atoms with van der Waals surface area (Å²) in [5.74, 6) is 0.765. The van der Waals surface area contributed by atoms with Crippen molar-refractivity contribution in [1.82, 2.24) is 4.31 Å². The predicted molar refractivity (Wildman–Crippen MR) is 130 cm³/mol. The largest absolute Gasteiger partial charge is 0.490 e. The predicted octanol–water partition coefficient (Wildman–Crippen LogP) is 3.98. The Labute approximate surface area is 196 Å². The molecule has 1 amide bonds. The van der Waals surface area contributed by atoms with Crippen molar-refractivity contribution in [2.75, 3.05) is 50.6 Å². The van der Waals surface area contributed by atoms with Crippen molar-refractivity contribution >= 4 is 27.3 Å². The highest BCUT2D eigenvalue weighted by molar-refractivity contribution is 7.89. The number of amides is 1. The number of anilines is 2. The molecule has 0 saturated carbocycles. The lowest BCUT2D eigenvalue weighted by Crippen LogP contribution is -2.32. The smallest absolute Gasteiger partial charge is 0.257 e. The second kappa shape index (κ2) is 10.9. The van der Waals surface area contributed by atoms with Crippen LogP contribution in [0, 0.1) is 0 Å². The zero-order valence-electron chi connectivity index (χ0n) is 19.8. The van der Waals surface area contributed by atoms with Gasteiger partial charge in [-0.2, -0.15) is 0 Å². The Morgan fingerprint density at radius 2 is 1.64 bits per heavy atom. The second-order valence-corrected chi connectivity index (χ2v) is 10.1. The zero-order valence-corrected chi connectivity index (χ0v) is 20.6. The van der Waals surface area contributed by atoms with Crippen LogP contribution in [0.1, 0.15) is 43.5 Å². The van der Waals surface area contributed by atoms with Crippen LogP contribution < -0.4 is 19.7 Å². The van der Waals surface area contributed by atoms with Crippen LogP contribution in [0.15, 0.2) is 41.3 Å². The Balaban J connectivity index is 1.98. The third-order valence-electron chi connectivity index (χ3n) is 5.49. The van der Waals surface area contributed by atoms with Crippen molar-refractivity contribution in [3.05, 3.63) is 42.0 Å². The zero-order chi connectivity index (χ0) is 24.0. The molecule has 8 nitrogen and oxygen atoms in total. The summed E-state index contributed by atoms with van der Waals surface area (Å²) < 4.78 is 37.8. The fourth-order valence-electron chi connectivity index (χ4n) is 3.81. The highest BCUT2D eigenvalue weighted by Crippen LogP contribution is 2.32. The Kier molecular flexibility index (Phi) is 8.20. The standard InChI is InChI=1S/C24H33N3O5S/c1-5-31-22-13-10-18(16-23(22)32-6-2)25-24(28)20-17-19(33(29,30)26(3)4)11-12-21(20)27-14-8-7-9-15-27/h10-13,16-17H,5-9,14-15H2,1-4H3,(H,25,28). The first kappa shape index (κ1) is 24.9. The van der Waals surface area contributed by atoms with Crippen molar-refractivity contribution in [3.8, 4) is 11.5 Å². The molecule has 1 fully saturated rings. The minimum absolute atomic E-state index is 0.0834. The van der Waals surface area contributed by atoms with E-state index in [1.54, 1.807) is 30.3 Å². The Morgan fingerprint density at radius 3 is 2.27 bits per heavy atom. The van der Waals surface area contributed by atoms with Gasteiger partial charge in [0.05, 0.1) is 23.7 Å². The number of rotatable bonds is 9. The monoisotopic (exact) mass is 475 g/mol. The number of hydrogen-bond acceptors (Lipinski definition) is 6. The maximum Gasteiger partial charge on any atom is 0.257 e. The molecule has 1 aliphatic heterocycles. The first-order chi connectivity index (χ1) is 15.8. The molecule has 2 aromatic carbocycles. The Bertz CT molecular complexity index is 1080. The van der Waals surface area contributed by atoms with Gasteiger partial charge >= 0.3 is 0 Å². The van der Waals surface area contributed by atoms with E-state index in [1.165, 1.54) is 20.2 Å². The van der Waals surface area contributed by atoms with E-state index >= 15 is 0 Å². The van der Waals surface area contributed by atoms with E-state index in [1.807, 2.05) is 13.8 Å². The highest BCUT2D eigenvalue weighted by Gasteiger charge is 2.24. The van der Waals surface area contributed by atoms with Crippen LogP contribution >= 0.6 is 0 Å². The van der Waals surface area contributed by atoms with Crippen molar-refractivity contribution in [3.63, 3.8) is 0 Å². The molecule has 1 heterocycles. The number of sulfonamides is 1. The van der Waals surface area contributed by atoms with Crippen LogP contribution in [0.2, 0.25) is 0 Å². The Hall–Kier alpha value is -2.78. The van der Waals surface area contributed by atoms with E-state index in [0.717, 1.165) is 42.3 Å². The van der Waals surface area contributed by atoms with Crippen LogP contribution in [-0.4, -0.2) is 59.0 Å². The summed E-state index contributed by atoms with van der Waals surface area (Å²) in [5, 5.41) is 2.90. The summed E-state index contributed by atoms with van der Waals surface area (Å²) in [6, 6.07) is 9.98. The van der Waals surface area contributed by atoms with Crippen LogP contribution in [0.5, 0.6) is 11.5 Å². The average molecular weight is 476 g/mol. The molecule has 2 aromatic rings. The van der Waals surface area contributed by atoms with Crippen LogP contribution in [-0.2, 0) is 10.0 Å². The number of carbonyl (C=O) groups is 1. The van der Waals surface area contributed by atoms with Gasteiger partial charge in [-0.15, -0.1) is 0 Å². The topological polar surface area (TPSA) is 88.2 Å². The van der Waals surface area contributed by atoms with Gasteiger partial charge in [-0.05, 0) is 63.4 Å². The number of piperidine rings is 1. The molecule has 0 unspecified atom stereocenters. The minimum atomic E-state index is -3.68. The van der Waals surface area contributed by atoms with E-state index in [-0.39, 0.29) is 10.8 Å². The van der Waals surface area contributed by atoms with Crippen molar-refractivity contribution in [2.45, 2.75) is 38.0 Å². The lowest BCUT2D eigenvalue weighted by molar-refractivity contribution is 0.102. The van der Waals surface area contributed by atoms with Gasteiger partial charge in [0.25, 0.3) is 5.91 Å². The molecule has 0 radical (unpaired) electrons. The third-order valence-corrected chi connectivity index (χ3v) is 7.30. The number of hydrogen-bond donors (Lipinski definition) is 1. The first-order valence-corrected chi connectivity index (χ1v) is 12.7. The van der Waals surface area contributed by atoms with Crippen molar-refractivity contribution in [1.29, 1.82) is 0 Å². The van der Waals surface area contributed by atoms with Gasteiger partial charge in [0.1, 0.15) is 0 Å². The number of ether oxygens (including phenoxy) is 2. The van der Waals surface area contributed by atoms with Gasteiger partial charge in [-0.25, -0.2) is 12.7 Å². The maximum absolute atomic E-state index is 13.4. The summed E-state index contributed by atoms with van der Waals surface area (Å²) in [4.78, 5) is 15.6. The summed E-state index contributed by atoms with van der Waals surface area (Å²) in [7, 11) is -0.731. The maximum atomic E-state index is 13.4. The number of benzene rings is 2. The quantitative estimate of drug-likeness (QED) is 0.590. The fraction of sp³-hybridized carbons (Fsp3) is 0.458. The van der Waals surface area contributed by atoms with Gasteiger partial charge in [0, 0.05) is 44.6 Å². The summed E-state index contributed by atoms with van der Waals surface area (Å²) >= 11 is 0. The normalized spacial score (nSPS) is 14.3. The molecule has 0 bridgehead atoms. The average Bonchev–Trinajstić information content (AvgIpc) is 2.81. The van der Waals surface area contributed by atoms with Crippen LogP contribution in [0.4, 0.5) is 11.4 Å². The molecular weight excluding hydrogens is 442 g/mol. The minimum Gasteiger partial charge on any atom is -0.490 e. The molecule has 0 atom stereocenters. The summed E-state index contributed by atoms with van der Waals surface area (Å²) in [6.45, 7) is 6.39. The fourth-order valence-corrected chi connectivity index (χ4v) is 4.73. The molecule has 9 heteroatoms. The number of nitrogens with zero attached hydrogens (tertiary/aromatic N) is 2. The van der Waals surface area contributed by atoms with Gasteiger partial charge in [-0.1, -0.05) is 0 Å². The molecule has 33 heavy (non-hydrogen) atoms. The van der Waals surface area contributed by atoms with E-state index in [9.17, 15) is 13.2 Å². The molecular formula is C24H33N3O5S. The van der Waals surface area contributed by atoms with E-state index in [2.05, 4.69) is 10.2 Å². The highest BCUT2D eigenvalue weighted by atomic mass is 32.2. The molecule has 1 saturated heterocycles. The molecule has 1 aliphatic rings. The number of carbonyl (C=O) groups excluding carboxylic acids is 1.